The average molecular weight is 221 g/mol. The number of imidazole rings is 1. The van der Waals surface area contributed by atoms with Gasteiger partial charge in [-0.05, 0) is 25.5 Å². The molecule has 0 saturated heterocycles. The summed E-state index contributed by atoms with van der Waals surface area (Å²) in [6.07, 6.45) is 0. The molecule has 2 aromatic rings. The summed E-state index contributed by atoms with van der Waals surface area (Å²) in [5, 5.41) is 9.92. The van der Waals surface area contributed by atoms with Gasteiger partial charge in [-0.25, -0.2) is 4.98 Å². The van der Waals surface area contributed by atoms with Crippen LogP contribution >= 0.6 is 12.2 Å². The highest BCUT2D eigenvalue weighted by Crippen LogP contribution is 2.29. The number of nitrogens with two attached hydrogens (primary N) is 1. The molecule has 1 aromatic carbocycles. The van der Waals surface area contributed by atoms with E-state index in [-0.39, 0.29) is 10.7 Å². The van der Waals surface area contributed by atoms with E-state index < -0.39 is 0 Å². The summed E-state index contributed by atoms with van der Waals surface area (Å²) in [7, 11) is 0. The van der Waals surface area contributed by atoms with E-state index in [1.54, 1.807) is 6.07 Å². The van der Waals surface area contributed by atoms with Crippen LogP contribution < -0.4 is 5.73 Å². The normalized spacial score (nSPS) is 10.8. The molecule has 0 aliphatic rings. The van der Waals surface area contributed by atoms with Crippen LogP contribution in [0.25, 0.3) is 11.0 Å². The van der Waals surface area contributed by atoms with E-state index in [9.17, 15) is 5.11 Å². The third-order valence-corrected chi connectivity index (χ3v) is 2.53. The zero-order valence-electron chi connectivity index (χ0n) is 8.46. The lowest BCUT2D eigenvalue weighted by Crippen LogP contribution is -2.10. The fourth-order valence-electron chi connectivity index (χ4n) is 1.62. The number of thiocarbonyl (C=S) groups is 1. The lowest BCUT2D eigenvalue weighted by molar-refractivity contribution is 0.479. The zero-order chi connectivity index (χ0) is 11.2. The molecule has 1 aromatic heterocycles. The molecule has 1 heterocycles. The van der Waals surface area contributed by atoms with Gasteiger partial charge < -0.3 is 15.8 Å². The highest BCUT2D eigenvalue weighted by molar-refractivity contribution is 7.80. The smallest absolute Gasteiger partial charge is 0.151 e. The topological polar surface area (TPSA) is 74.9 Å². The van der Waals surface area contributed by atoms with Gasteiger partial charge in [-0.1, -0.05) is 12.2 Å². The van der Waals surface area contributed by atoms with Crippen LogP contribution in [0.1, 0.15) is 17.0 Å². The van der Waals surface area contributed by atoms with Gasteiger partial charge in [-0.3, -0.25) is 0 Å². The molecule has 0 spiro atoms. The first kappa shape index (κ1) is 9.92. The molecule has 78 valence electrons. The number of hydrogen-bond donors (Lipinski definition) is 3. The molecule has 0 amide bonds. The van der Waals surface area contributed by atoms with Crippen molar-refractivity contribution in [2.24, 2.45) is 5.73 Å². The summed E-state index contributed by atoms with van der Waals surface area (Å²) in [4.78, 5) is 7.45. The van der Waals surface area contributed by atoms with E-state index in [2.05, 4.69) is 9.97 Å². The van der Waals surface area contributed by atoms with E-state index in [1.165, 1.54) is 0 Å². The molecule has 0 aliphatic carbocycles. The molecule has 0 aliphatic heterocycles. The standard InChI is InChI=1S/C10H11N3OS/c1-4-3-6(10(11)15)9(14)8-7(4)12-5(2)13-8/h3,14H,1-2H3,(H2,11,15)(H,12,13). The summed E-state index contributed by atoms with van der Waals surface area (Å²) in [6.45, 7) is 3.74. The molecule has 4 N–H and O–H groups in total. The molecular formula is C10H11N3OS. The number of aromatic amines is 1. The monoisotopic (exact) mass is 221 g/mol. The lowest BCUT2D eigenvalue weighted by atomic mass is 10.1. The molecule has 0 radical (unpaired) electrons. The number of fused-ring (bicyclic) bond motifs is 1. The Balaban J connectivity index is 2.89. The molecule has 15 heavy (non-hydrogen) atoms. The van der Waals surface area contributed by atoms with Crippen molar-refractivity contribution in [2.75, 3.05) is 0 Å². The highest BCUT2D eigenvalue weighted by Gasteiger charge is 2.13. The summed E-state index contributed by atoms with van der Waals surface area (Å²) in [6, 6.07) is 1.75. The van der Waals surface area contributed by atoms with Crippen molar-refractivity contribution in [1.29, 1.82) is 0 Å². The average Bonchev–Trinajstić information content (AvgIpc) is 2.53. The maximum absolute atomic E-state index is 9.92. The maximum Gasteiger partial charge on any atom is 0.151 e. The number of phenols is 1. The Morgan fingerprint density at radius 3 is 2.80 bits per heavy atom. The van der Waals surface area contributed by atoms with Crippen LogP contribution in [0.5, 0.6) is 5.75 Å². The molecular weight excluding hydrogens is 210 g/mol. The second-order valence-electron chi connectivity index (χ2n) is 3.50. The van der Waals surface area contributed by atoms with Crippen LogP contribution in [0.2, 0.25) is 0 Å². The summed E-state index contributed by atoms with van der Waals surface area (Å²) >= 11 is 4.86. The maximum atomic E-state index is 9.92. The van der Waals surface area contributed by atoms with Crippen molar-refractivity contribution < 1.29 is 5.11 Å². The number of rotatable bonds is 1. The summed E-state index contributed by atoms with van der Waals surface area (Å²) in [5.74, 6) is 0.826. The van der Waals surface area contributed by atoms with Crippen LogP contribution in [0.3, 0.4) is 0 Å². The van der Waals surface area contributed by atoms with Crippen molar-refractivity contribution in [2.45, 2.75) is 13.8 Å². The predicted octanol–water partition coefficient (Wildman–Crippen LogP) is 1.52. The highest BCUT2D eigenvalue weighted by atomic mass is 32.1. The Morgan fingerprint density at radius 2 is 2.20 bits per heavy atom. The van der Waals surface area contributed by atoms with Crippen molar-refractivity contribution >= 4 is 28.2 Å². The van der Waals surface area contributed by atoms with Gasteiger partial charge in [0.1, 0.15) is 16.3 Å². The number of H-pyrrole nitrogens is 1. The zero-order valence-corrected chi connectivity index (χ0v) is 9.27. The van der Waals surface area contributed by atoms with Gasteiger partial charge in [-0.15, -0.1) is 0 Å². The van der Waals surface area contributed by atoms with Crippen molar-refractivity contribution in [3.63, 3.8) is 0 Å². The van der Waals surface area contributed by atoms with E-state index in [4.69, 9.17) is 18.0 Å². The molecule has 5 heteroatoms. The Kier molecular flexibility index (Phi) is 2.12. The number of nitrogens with one attached hydrogen (secondary N) is 1. The predicted molar refractivity (Wildman–Crippen MR) is 63.1 cm³/mol. The molecule has 0 bridgehead atoms. The fourth-order valence-corrected chi connectivity index (χ4v) is 1.78. The second-order valence-corrected chi connectivity index (χ2v) is 3.94. The Morgan fingerprint density at radius 1 is 1.53 bits per heavy atom. The van der Waals surface area contributed by atoms with Gasteiger partial charge in [0, 0.05) is 0 Å². The van der Waals surface area contributed by atoms with Gasteiger partial charge in [-0.2, -0.15) is 0 Å². The quantitative estimate of drug-likeness (QED) is 0.638. The minimum Gasteiger partial charge on any atom is -0.505 e. The number of nitrogens with zero attached hydrogens (tertiary/aromatic N) is 1. The third kappa shape index (κ3) is 1.45. The van der Waals surface area contributed by atoms with E-state index in [0.717, 1.165) is 16.9 Å². The van der Waals surface area contributed by atoms with Gasteiger partial charge in [0.15, 0.2) is 5.75 Å². The first-order chi connectivity index (χ1) is 7.00. The van der Waals surface area contributed by atoms with Crippen LogP contribution in [0, 0.1) is 13.8 Å². The lowest BCUT2D eigenvalue weighted by Gasteiger charge is -2.05. The van der Waals surface area contributed by atoms with Crippen molar-refractivity contribution in [3.05, 3.63) is 23.0 Å². The van der Waals surface area contributed by atoms with E-state index >= 15 is 0 Å². The number of benzene rings is 1. The van der Waals surface area contributed by atoms with Crippen LogP contribution in [0.15, 0.2) is 6.07 Å². The third-order valence-electron chi connectivity index (χ3n) is 2.31. The number of aromatic nitrogens is 2. The molecule has 0 atom stereocenters. The molecule has 2 rings (SSSR count). The summed E-state index contributed by atoms with van der Waals surface area (Å²) < 4.78 is 0. The Labute approximate surface area is 92.1 Å². The molecule has 0 unspecified atom stereocenters. The minimum atomic E-state index is 0.0729. The Hall–Kier alpha value is -1.62. The molecule has 0 saturated carbocycles. The first-order valence-corrected chi connectivity index (χ1v) is 4.90. The second kappa shape index (κ2) is 3.20. The minimum absolute atomic E-state index is 0.0729. The SMILES string of the molecule is Cc1nc2c(C)cc(C(N)=S)c(O)c2[nH]1. The number of phenolic OH excluding ortho intramolecular Hbond substituents is 1. The van der Waals surface area contributed by atoms with Crippen molar-refractivity contribution in [1.82, 2.24) is 9.97 Å². The van der Waals surface area contributed by atoms with Crippen LogP contribution in [-0.2, 0) is 0 Å². The Bertz CT molecular complexity index is 559. The van der Waals surface area contributed by atoms with Gasteiger partial charge in [0.25, 0.3) is 0 Å². The first-order valence-electron chi connectivity index (χ1n) is 4.49. The number of hydrogen-bond acceptors (Lipinski definition) is 3. The largest absolute Gasteiger partial charge is 0.505 e. The number of aromatic hydroxyl groups is 1. The molecule has 4 nitrogen and oxygen atoms in total. The number of aryl methyl sites for hydroxylation is 2. The van der Waals surface area contributed by atoms with Crippen molar-refractivity contribution in [3.8, 4) is 5.75 Å². The van der Waals surface area contributed by atoms with E-state index in [1.807, 2.05) is 13.8 Å². The van der Waals surface area contributed by atoms with Crippen LogP contribution in [0.4, 0.5) is 0 Å². The van der Waals surface area contributed by atoms with Gasteiger partial charge in [0.05, 0.1) is 11.1 Å². The van der Waals surface area contributed by atoms with E-state index in [0.29, 0.717) is 11.1 Å². The molecule has 0 fully saturated rings. The summed E-state index contributed by atoms with van der Waals surface area (Å²) in [5.41, 5.74) is 8.29. The van der Waals surface area contributed by atoms with Gasteiger partial charge in [0.2, 0.25) is 0 Å². The van der Waals surface area contributed by atoms with Gasteiger partial charge >= 0.3 is 0 Å². The van der Waals surface area contributed by atoms with Crippen LogP contribution in [-0.4, -0.2) is 20.1 Å². The fraction of sp³-hybridized carbons (Fsp3) is 0.200.